The summed E-state index contributed by atoms with van der Waals surface area (Å²) in [5, 5.41) is 2.57. The van der Waals surface area contributed by atoms with Crippen molar-refractivity contribution in [3.8, 4) is 0 Å². The number of hydrogen-bond donors (Lipinski definition) is 3. The first kappa shape index (κ1) is 16.4. The zero-order valence-electron chi connectivity index (χ0n) is 14.3. The van der Waals surface area contributed by atoms with E-state index in [9.17, 15) is 9.59 Å². The van der Waals surface area contributed by atoms with Gasteiger partial charge < -0.3 is 10.2 Å². The van der Waals surface area contributed by atoms with Gasteiger partial charge >= 0.3 is 6.09 Å². The number of carbonyl (C=O) groups excluding carboxylic acids is 2. The van der Waals surface area contributed by atoms with Gasteiger partial charge in [-0.05, 0) is 38.8 Å². The first-order valence-corrected chi connectivity index (χ1v) is 8.05. The molecule has 0 aromatic heterocycles. The third-order valence-electron chi connectivity index (χ3n) is 3.91. The molecule has 3 N–H and O–H groups in total. The fourth-order valence-corrected chi connectivity index (χ4v) is 2.99. The lowest BCUT2D eigenvalue weighted by molar-refractivity contribution is -0.112. The molecule has 0 fully saturated rings. The lowest BCUT2D eigenvalue weighted by Gasteiger charge is -2.23. The van der Waals surface area contributed by atoms with E-state index in [2.05, 4.69) is 21.2 Å². The molecular weight excluding hydrogens is 308 g/mol. The number of nitrogens with one attached hydrogen (secondary N) is 3. The summed E-state index contributed by atoms with van der Waals surface area (Å²) in [5.41, 5.74) is 9.01. The highest BCUT2D eigenvalue weighted by Crippen LogP contribution is 2.36. The van der Waals surface area contributed by atoms with E-state index < -0.39 is 11.7 Å². The monoisotopic (exact) mass is 330 g/mol. The van der Waals surface area contributed by atoms with Gasteiger partial charge in [-0.25, -0.2) is 10.2 Å². The maximum Gasteiger partial charge on any atom is 0.412 e. The number of carbonyl (C=O) groups is 2. The normalized spacial score (nSPS) is 22.8. The third kappa shape index (κ3) is 2.99. The minimum absolute atomic E-state index is 0.207. The second kappa shape index (κ2) is 5.90. The summed E-state index contributed by atoms with van der Waals surface area (Å²) >= 11 is 0. The number of ketones is 1. The van der Waals surface area contributed by atoms with Crippen LogP contribution in [0.4, 0.5) is 4.79 Å². The topological polar surface area (TPSA) is 91.8 Å². The molecule has 0 radical (unpaired) electrons. The highest BCUT2D eigenvalue weighted by atomic mass is 16.6. The molecule has 3 aliphatic rings. The molecule has 0 aromatic rings. The van der Waals surface area contributed by atoms with E-state index in [1.54, 1.807) is 26.8 Å². The summed E-state index contributed by atoms with van der Waals surface area (Å²) in [6, 6.07) is -0.245. The Hall–Kier alpha value is -2.41. The molecule has 1 atom stereocenters. The van der Waals surface area contributed by atoms with Crippen LogP contribution in [0.15, 0.2) is 39.7 Å². The van der Waals surface area contributed by atoms with Crippen LogP contribution in [0.5, 0.6) is 0 Å². The van der Waals surface area contributed by atoms with E-state index in [-0.39, 0.29) is 17.5 Å². The smallest absolute Gasteiger partial charge is 0.412 e. The van der Waals surface area contributed by atoms with Crippen molar-refractivity contribution in [3.05, 3.63) is 34.7 Å². The first-order valence-electron chi connectivity index (χ1n) is 8.05. The Labute approximate surface area is 140 Å². The van der Waals surface area contributed by atoms with E-state index in [1.807, 2.05) is 13.1 Å². The van der Waals surface area contributed by atoms with Gasteiger partial charge in [-0.3, -0.25) is 15.1 Å². The third-order valence-corrected chi connectivity index (χ3v) is 3.91. The Morgan fingerprint density at radius 3 is 2.88 bits per heavy atom. The molecule has 7 heteroatoms. The van der Waals surface area contributed by atoms with Crippen LogP contribution in [-0.4, -0.2) is 35.8 Å². The Balaban J connectivity index is 1.90. The summed E-state index contributed by atoms with van der Waals surface area (Å²) in [5.74, 6) is -0.207. The van der Waals surface area contributed by atoms with Gasteiger partial charge in [0.05, 0.1) is 11.7 Å². The van der Waals surface area contributed by atoms with Crippen molar-refractivity contribution in [2.45, 2.75) is 45.8 Å². The van der Waals surface area contributed by atoms with Crippen LogP contribution < -0.4 is 16.2 Å². The summed E-state index contributed by atoms with van der Waals surface area (Å²) < 4.78 is 5.24. The number of allylic oxidation sites excluding steroid dienone is 1. The number of nitrogens with zero attached hydrogens (tertiary/aromatic N) is 1. The molecule has 1 aliphatic carbocycles. The number of hydrogen-bond acceptors (Lipinski definition) is 6. The predicted octanol–water partition coefficient (Wildman–Crippen LogP) is 1.50. The van der Waals surface area contributed by atoms with Gasteiger partial charge in [0.1, 0.15) is 5.60 Å². The second-order valence-electron chi connectivity index (χ2n) is 6.86. The van der Waals surface area contributed by atoms with Crippen LogP contribution in [0.25, 0.3) is 0 Å². The highest BCUT2D eigenvalue weighted by Gasteiger charge is 2.37. The van der Waals surface area contributed by atoms with Crippen molar-refractivity contribution < 1.29 is 14.3 Å². The Morgan fingerprint density at radius 1 is 1.46 bits per heavy atom. The minimum Gasteiger partial charge on any atom is -0.444 e. The molecule has 0 spiro atoms. The van der Waals surface area contributed by atoms with E-state index in [0.717, 1.165) is 23.3 Å². The average Bonchev–Trinajstić information content (AvgIpc) is 2.67. The van der Waals surface area contributed by atoms with Crippen LogP contribution in [-0.2, 0) is 9.53 Å². The molecule has 0 saturated carbocycles. The van der Waals surface area contributed by atoms with E-state index in [1.165, 1.54) is 0 Å². The number of alkyl carbamates (subject to hydrolysis) is 1. The fourth-order valence-electron chi connectivity index (χ4n) is 2.99. The Bertz CT molecular complexity index is 723. The Kier molecular flexibility index (Phi) is 4.04. The zero-order valence-corrected chi connectivity index (χ0v) is 14.3. The van der Waals surface area contributed by atoms with E-state index in [0.29, 0.717) is 12.1 Å². The molecule has 2 heterocycles. The molecular formula is C17H22N4O3. The predicted molar refractivity (Wildman–Crippen MR) is 90.2 cm³/mol. The lowest BCUT2D eigenvalue weighted by atomic mass is 9.87. The van der Waals surface area contributed by atoms with Crippen molar-refractivity contribution in [2.75, 3.05) is 6.54 Å². The summed E-state index contributed by atoms with van der Waals surface area (Å²) in [6.45, 7) is 7.72. The standard InChI is InChI=1S/C17H22N4O3/c1-5-11-9-7-18-19-8-10-14(9)12(20-11)6-13(15(10)22)21-16(23)24-17(2,3)4/h6-7,12,18-19H,5,8H2,1-4H3,(H,21,23). The highest BCUT2D eigenvalue weighted by molar-refractivity contribution is 6.17. The fraction of sp³-hybridized carbons (Fsp3) is 0.471. The van der Waals surface area contributed by atoms with Gasteiger partial charge in [0.25, 0.3) is 0 Å². The second-order valence-corrected chi connectivity index (χ2v) is 6.86. The molecule has 0 aromatic carbocycles. The molecule has 3 rings (SSSR count). The van der Waals surface area contributed by atoms with Crippen molar-refractivity contribution >= 4 is 17.6 Å². The Morgan fingerprint density at radius 2 is 2.21 bits per heavy atom. The SMILES string of the molecule is CCC1=NC2C=C(NC(=O)OC(C)(C)C)C(=O)C3=C2C1=CNNC3. The van der Waals surface area contributed by atoms with Gasteiger partial charge in [0.2, 0.25) is 5.78 Å². The van der Waals surface area contributed by atoms with Gasteiger partial charge in [-0.2, -0.15) is 0 Å². The summed E-state index contributed by atoms with van der Waals surface area (Å²) in [4.78, 5) is 29.5. The van der Waals surface area contributed by atoms with Crippen LogP contribution in [0.3, 0.4) is 0 Å². The average molecular weight is 330 g/mol. The van der Waals surface area contributed by atoms with Crippen LogP contribution in [0.1, 0.15) is 34.1 Å². The van der Waals surface area contributed by atoms with Crippen molar-refractivity contribution in [1.29, 1.82) is 0 Å². The zero-order chi connectivity index (χ0) is 17.5. The molecule has 24 heavy (non-hydrogen) atoms. The van der Waals surface area contributed by atoms with Crippen molar-refractivity contribution in [1.82, 2.24) is 16.2 Å². The molecule has 1 amide bonds. The number of rotatable bonds is 2. The van der Waals surface area contributed by atoms with Gasteiger partial charge in [-0.1, -0.05) is 6.92 Å². The molecule has 0 saturated heterocycles. The maximum absolute atomic E-state index is 12.8. The minimum atomic E-state index is -0.640. The molecule has 128 valence electrons. The van der Waals surface area contributed by atoms with Gasteiger partial charge in [0, 0.05) is 29.6 Å². The van der Waals surface area contributed by atoms with E-state index in [4.69, 9.17) is 4.74 Å². The van der Waals surface area contributed by atoms with Crippen molar-refractivity contribution in [3.63, 3.8) is 0 Å². The molecule has 7 nitrogen and oxygen atoms in total. The maximum atomic E-state index is 12.8. The summed E-state index contributed by atoms with van der Waals surface area (Å²) in [6.07, 6.45) is 3.68. The van der Waals surface area contributed by atoms with Gasteiger partial charge in [0.15, 0.2) is 0 Å². The molecule has 1 unspecified atom stereocenters. The number of ether oxygens (including phenoxy) is 1. The number of hydrazine groups is 1. The van der Waals surface area contributed by atoms with Crippen LogP contribution >= 0.6 is 0 Å². The molecule has 0 bridgehead atoms. The number of amides is 1. The van der Waals surface area contributed by atoms with Crippen LogP contribution in [0, 0.1) is 0 Å². The molecule has 2 aliphatic heterocycles. The first-order chi connectivity index (χ1) is 11.3. The number of Topliss-reactive ketones (excluding diaryl/α,β-unsaturated/α-hetero) is 1. The van der Waals surface area contributed by atoms with Gasteiger partial charge in [-0.15, -0.1) is 0 Å². The van der Waals surface area contributed by atoms with Crippen molar-refractivity contribution in [2.24, 2.45) is 4.99 Å². The quantitative estimate of drug-likeness (QED) is 0.714. The lowest BCUT2D eigenvalue weighted by Crippen LogP contribution is -2.38. The van der Waals surface area contributed by atoms with E-state index >= 15 is 0 Å². The number of aliphatic imine (C=N–C) groups is 1. The largest absolute Gasteiger partial charge is 0.444 e. The van der Waals surface area contributed by atoms with Crippen LogP contribution in [0.2, 0.25) is 0 Å². The summed E-state index contributed by atoms with van der Waals surface area (Å²) in [7, 11) is 0.